The minimum atomic E-state index is -0.458. The monoisotopic (exact) mass is 513 g/mol. The van der Waals surface area contributed by atoms with Crippen molar-refractivity contribution in [3.05, 3.63) is 52.7 Å². The van der Waals surface area contributed by atoms with Crippen molar-refractivity contribution in [3.8, 4) is 0 Å². The van der Waals surface area contributed by atoms with Gasteiger partial charge in [-0.25, -0.2) is 14.4 Å². The first-order chi connectivity index (χ1) is 17.3. The highest BCUT2D eigenvalue weighted by Gasteiger charge is 2.24. The summed E-state index contributed by atoms with van der Waals surface area (Å²) in [4.78, 5) is 11.1. The van der Waals surface area contributed by atoms with Crippen molar-refractivity contribution in [2.24, 2.45) is 16.6 Å². The molecular formula is C26H33ClFN7O. The van der Waals surface area contributed by atoms with E-state index in [9.17, 15) is 4.39 Å². The largest absolute Gasteiger partial charge is 0.384 e. The van der Waals surface area contributed by atoms with Crippen molar-refractivity contribution < 1.29 is 9.13 Å². The molecule has 0 spiro atoms. The summed E-state index contributed by atoms with van der Waals surface area (Å²) in [6, 6.07) is 6.10. The van der Waals surface area contributed by atoms with Crippen LogP contribution < -0.4 is 21.3 Å². The molecule has 8 nitrogen and oxygen atoms in total. The van der Waals surface area contributed by atoms with E-state index in [1.807, 2.05) is 13.0 Å². The Hall–Kier alpha value is -2.88. The summed E-state index contributed by atoms with van der Waals surface area (Å²) in [7, 11) is 0. The van der Waals surface area contributed by atoms with E-state index in [1.165, 1.54) is 6.07 Å². The van der Waals surface area contributed by atoms with E-state index in [-0.39, 0.29) is 11.5 Å². The molecule has 192 valence electrons. The predicted molar refractivity (Wildman–Crippen MR) is 143 cm³/mol. The number of aromatic nitrogens is 2. The molecule has 3 atom stereocenters. The van der Waals surface area contributed by atoms with Crippen LogP contribution in [0.15, 0.2) is 35.6 Å². The molecule has 2 aliphatic rings. The second kappa shape index (κ2) is 10.2. The number of nitrogens with zero attached hydrogens (tertiary/aromatic N) is 4. The minimum Gasteiger partial charge on any atom is -0.384 e. The van der Waals surface area contributed by atoms with Crippen molar-refractivity contribution >= 4 is 40.1 Å². The van der Waals surface area contributed by atoms with Crippen LogP contribution in [0.3, 0.4) is 0 Å². The summed E-state index contributed by atoms with van der Waals surface area (Å²) in [6.07, 6.45) is 4.47. The number of aryl methyl sites for hydroxylation is 1. The molecule has 36 heavy (non-hydrogen) atoms. The number of hydrogen-bond acceptors (Lipinski definition) is 6. The maximum atomic E-state index is 14.6. The van der Waals surface area contributed by atoms with Crippen LogP contribution in [0.5, 0.6) is 0 Å². The van der Waals surface area contributed by atoms with Gasteiger partial charge in [0.1, 0.15) is 5.84 Å². The maximum absolute atomic E-state index is 14.6. The van der Waals surface area contributed by atoms with E-state index in [0.717, 1.165) is 56.3 Å². The number of nitrogens with two attached hydrogens (primary N) is 1. The Labute approximate surface area is 215 Å². The third-order valence-electron chi connectivity index (χ3n) is 6.72. The van der Waals surface area contributed by atoms with Gasteiger partial charge in [-0.05, 0) is 39.3 Å². The van der Waals surface area contributed by atoms with E-state index in [2.05, 4.69) is 45.4 Å². The molecule has 3 unspecified atom stereocenters. The molecule has 5 rings (SSSR count). The van der Waals surface area contributed by atoms with Crippen LogP contribution in [0.4, 0.5) is 21.5 Å². The van der Waals surface area contributed by atoms with E-state index >= 15 is 0 Å². The van der Waals surface area contributed by atoms with Crippen LogP contribution in [0.25, 0.3) is 5.65 Å². The molecule has 4 N–H and O–H groups in total. The molecule has 2 aliphatic heterocycles. The van der Waals surface area contributed by atoms with Crippen LogP contribution in [0, 0.1) is 18.7 Å². The maximum Gasteiger partial charge on any atom is 0.173 e. The lowest BCUT2D eigenvalue weighted by atomic mass is 10.1. The molecule has 3 aromatic rings. The normalized spacial score (nSPS) is 23.0. The van der Waals surface area contributed by atoms with Crippen LogP contribution >= 0.6 is 11.6 Å². The number of aliphatic imine (C=N–C) groups is 1. The van der Waals surface area contributed by atoms with Gasteiger partial charge in [0, 0.05) is 74.1 Å². The van der Waals surface area contributed by atoms with Gasteiger partial charge in [-0.1, -0.05) is 11.6 Å². The number of imidazole rings is 1. The fourth-order valence-electron chi connectivity index (χ4n) is 5.13. The number of nitrogens with one attached hydrogen (secondary N) is 2. The first-order valence-electron chi connectivity index (χ1n) is 12.4. The number of amidine groups is 1. The number of pyridine rings is 1. The SMILES string of the molecule is Cc1cn2cc(N=C(N)c3c(Cl)cc(N4CC(C)NC(C)C4)cc3NCC3CCOC3)cc(F)c2n1. The number of piperazine rings is 1. The Morgan fingerprint density at radius 3 is 2.78 bits per heavy atom. The highest BCUT2D eigenvalue weighted by molar-refractivity contribution is 6.35. The van der Waals surface area contributed by atoms with Gasteiger partial charge in [-0.3, -0.25) is 0 Å². The third kappa shape index (κ3) is 5.28. The lowest BCUT2D eigenvalue weighted by Gasteiger charge is -2.38. The standard InChI is InChI=1S/C26H33ClFN7O/c1-15-10-34(11-16(2)31-15)20-7-21(27)24(23(8-20)30-9-18-4-5-36-14-18)25(29)33-19-6-22(28)26-32-17(3)12-35(26)13-19/h6-8,12-13,15-16,18,30-31H,4-5,9-11,14H2,1-3H3,(H2,29,33). The fraction of sp³-hybridized carbons (Fsp3) is 0.462. The number of fused-ring (bicyclic) bond motifs is 1. The summed E-state index contributed by atoms with van der Waals surface area (Å²) >= 11 is 6.86. The quantitative estimate of drug-likeness (QED) is 0.339. The summed E-state index contributed by atoms with van der Waals surface area (Å²) in [5, 5.41) is 7.62. The van der Waals surface area contributed by atoms with Crippen molar-refractivity contribution in [1.29, 1.82) is 0 Å². The number of benzene rings is 1. The van der Waals surface area contributed by atoms with Crippen molar-refractivity contribution in [3.63, 3.8) is 0 Å². The number of anilines is 2. The third-order valence-corrected chi connectivity index (χ3v) is 7.02. The lowest BCUT2D eigenvalue weighted by Crippen LogP contribution is -2.54. The van der Waals surface area contributed by atoms with Gasteiger partial charge < -0.3 is 30.4 Å². The summed E-state index contributed by atoms with van der Waals surface area (Å²) in [6.45, 7) is 10.2. The van der Waals surface area contributed by atoms with Crippen molar-refractivity contribution in [2.45, 2.75) is 39.3 Å². The molecule has 0 aliphatic carbocycles. The molecule has 10 heteroatoms. The minimum absolute atomic E-state index is 0.217. The summed E-state index contributed by atoms with van der Waals surface area (Å²) < 4.78 is 21.8. The Balaban J connectivity index is 1.51. The van der Waals surface area contributed by atoms with Crippen LogP contribution in [-0.2, 0) is 4.74 Å². The fourth-order valence-corrected chi connectivity index (χ4v) is 5.44. The van der Waals surface area contributed by atoms with Gasteiger partial charge in [0.15, 0.2) is 11.5 Å². The molecule has 0 saturated carbocycles. The Morgan fingerprint density at radius 1 is 1.28 bits per heavy atom. The molecule has 0 bridgehead atoms. The van der Waals surface area contributed by atoms with Gasteiger partial charge in [0.05, 0.1) is 28.6 Å². The second-order valence-corrected chi connectivity index (χ2v) is 10.4. The average molecular weight is 514 g/mol. The van der Waals surface area contributed by atoms with E-state index in [4.69, 9.17) is 22.1 Å². The molecule has 1 aromatic carbocycles. The Kier molecular flexibility index (Phi) is 7.05. The predicted octanol–water partition coefficient (Wildman–Crippen LogP) is 4.11. The first kappa shape index (κ1) is 24.8. The zero-order chi connectivity index (χ0) is 25.4. The second-order valence-electron chi connectivity index (χ2n) is 9.99. The van der Waals surface area contributed by atoms with Gasteiger partial charge in [0.2, 0.25) is 0 Å². The van der Waals surface area contributed by atoms with E-state index < -0.39 is 5.82 Å². The molecule has 2 fully saturated rings. The number of ether oxygens (including phenoxy) is 1. The number of hydrogen-bond donors (Lipinski definition) is 3. The Bertz CT molecular complexity index is 1280. The highest BCUT2D eigenvalue weighted by Crippen LogP contribution is 2.33. The van der Waals surface area contributed by atoms with Gasteiger partial charge in [0.25, 0.3) is 0 Å². The van der Waals surface area contributed by atoms with Gasteiger partial charge in [-0.2, -0.15) is 0 Å². The highest BCUT2D eigenvalue weighted by atomic mass is 35.5. The van der Waals surface area contributed by atoms with Crippen LogP contribution in [0.1, 0.15) is 31.5 Å². The molecular weight excluding hydrogens is 481 g/mol. The van der Waals surface area contributed by atoms with Crippen LogP contribution in [-0.4, -0.2) is 60.2 Å². The Morgan fingerprint density at radius 2 is 2.06 bits per heavy atom. The zero-order valence-electron chi connectivity index (χ0n) is 20.9. The molecule has 2 saturated heterocycles. The molecule has 0 amide bonds. The van der Waals surface area contributed by atoms with Gasteiger partial charge >= 0.3 is 0 Å². The lowest BCUT2D eigenvalue weighted by molar-refractivity contribution is 0.187. The smallest absolute Gasteiger partial charge is 0.173 e. The number of rotatable bonds is 6. The summed E-state index contributed by atoms with van der Waals surface area (Å²) in [5.41, 5.74) is 10.3. The number of halogens is 2. The average Bonchev–Trinajstić information content (AvgIpc) is 3.46. The van der Waals surface area contributed by atoms with Crippen LogP contribution in [0.2, 0.25) is 5.02 Å². The van der Waals surface area contributed by atoms with E-state index in [0.29, 0.717) is 34.3 Å². The molecule has 0 radical (unpaired) electrons. The van der Waals surface area contributed by atoms with Crippen molar-refractivity contribution in [2.75, 3.05) is 43.1 Å². The van der Waals surface area contributed by atoms with Crippen molar-refractivity contribution in [1.82, 2.24) is 14.7 Å². The molecule has 4 heterocycles. The summed E-state index contributed by atoms with van der Waals surface area (Å²) in [5.74, 6) is 0.174. The zero-order valence-corrected chi connectivity index (χ0v) is 21.6. The topological polar surface area (TPSA) is 92.2 Å². The van der Waals surface area contributed by atoms with E-state index in [1.54, 1.807) is 16.8 Å². The first-order valence-corrected chi connectivity index (χ1v) is 12.8. The molecule has 2 aromatic heterocycles. The van der Waals surface area contributed by atoms with Gasteiger partial charge in [-0.15, -0.1) is 0 Å².